The lowest BCUT2D eigenvalue weighted by molar-refractivity contribution is 0.344. The number of benzene rings is 7. The van der Waals surface area contributed by atoms with Crippen molar-refractivity contribution < 1.29 is 4.42 Å². The van der Waals surface area contributed by atoms with Gasteiger partial charge in [0.2, 0.25) is 0 Å². The van der Waals surface area contributed by atoms with E-state index < -0.39 is 8.07 Å². The van der Waals surface area contributed by atoms with E-state index in [9.17, 15) is 0 Å². The van der Waals surface area contributed by atoms with Gasteiger partial charge in [-0.3, -0.25) is 0 Å². The second kappa shape index (κ2) is 9.99. The summed E-state index contributed by atoms with van der Waals surface area (Å²) in [5.74, 6) is 0. The quantitative estimate of drug-likeness (QED) is 0.162. The molecule has 4 heterocycles. The molecule has 0 amide bonds. The predicted molar refractivity (Wildman–Crippen MR) is 214 cm³/mol. The molecular formula is C48H35NOSi. The molecule has 0 unspecified atom stereocenters. The average Bonchev–Trinajstić information content (AvgIpc) is 3.81. The highest BCUT2D eigenvalue weighted by atomic mass is 28.3. The Kier molecular flexibility index (Phi) is 5.50. The zero-order valence-electron chi connectivity index (χ0n) is 28.3. The third-order valence-electron chi connectivity index (χ3n) is 12.9. The Labute approximate surface area is 298 Å². The summed E-state index contributed by atoms with van der Waals surface area (Å²) in [6.07, 6.45) is 6.16. The molecule has 0 atom stereocenters. The van der Waals surface area contributed by atoms with E-state index in [4.69, 9.17) is 4.42 Å². The fourth-order valence-corrected chi connectivity index (χ4v) is 16.5. The van der Waals surface area contributed by atoms with Gasteiger partial charge in [0.05, 0.1) is 11.4 Å². The van der Waals surface area contributed by atoms with Crippen LogP contribution in [0.5, 0.6) is 0 Å². The zero-order chi connectivity index (χ0) is 33.3. The summed E-state index contributed by atoms with van der Waals surface area (Å²) in [4.78, 5) is 2.58. The van der Waals surface area contributed by atoms with Crippen molar-refractivity contribution >= 4 is 67.8 Å². The Morgan fingerprint density at radius 2 is 1.06 bits per heavy atom. The fraction of sp³-hybridized carbons (Fsp3) is 0.125. The van der Waals surface area contributed by atoms with Crippen LogP contribution in [-0.2, 0) is 5.41 Å². The largest absolute Gasteiger partial charge is 0.456 e. The number of nitrogens with zero attached hydrogens (tertiary/aromatic N) is 1. The third kappa shape index (κ3) is 3.43. The Bertz CT molecular complexity index is 2700. The molecule has 1 fully saturated rings. The summed E-state index contributed by atoms with van der Waals surface area (Å²) in [5, 5.41) is 8.47. The topological polar surface area (TPSA) is 16.4 Å². The highest BCUT2D eigenvalue weighted by molar-refractivity contribution is 7.24. The summed E-state index contributed by atoms with van der Waals surface area (Å²) >= 11 is 0. The second-order valence-electron chi connectivity index (χ2n) is 15.1. The van der Waals surface area contributed by atoms with E-state index in [1.165, 1.54) is 114 Å². The van der Waals surface area contributed by atoms with Crippen molar-refractivity contribution in [2.45, 2.75) is 37.5 Å². The minimum absolute atomic E-state index is 0.0144. The lowest BCUT2D eigenvalue weighted by atomic mass is 9.62. The van der Waals surface area contributed by atoms with Gasteiger partial charge in [-0.2, -0.15) is 0 Å². The molecule has 0 saturated heterocycles. The maximum atomic E-state index is 6.62. The molecule has 0 radical (unpaired) electrons. The maximum Gasteiger partial charge on any atom is 0.182 e. The van der Waals surface area contributed by atoms with Gasteiger partial charge in [0.15, 0.2) is 8.07 Å². The molecule has 1 aliphatic carbocycles. The lowest BCUT2D eigenvalue weighted by Crippen LogP contribution is -2.70. The van der Waals surface area contributed by atoms with Crippen molar-refractivity contribution in [1.29, 1.82) is 0 Å². The SMILES string of the molecule is c1ccc2c(c1)-c1ccccc1[Si]21c2ccccc2-c2ccc(N3c4ccccc4C4(CCCCC4)c4cc5c(cc43)oc3ccccc35)cc21. The number of hydrogen-bond acceptors (Lipinski definition) is 2. The van der Waals surface area contributed by atoms with Crippen molar-refractivity contribution in [1.82, 2.24) is 0 Å². The second-order valence-corrected chi connectivity index (χ2v) is 18.7. The van der Waals surface area contributed by atoms with E-state index >= 15 is 0 Å². The van der Waals surface area contributed by atoms with Crippen molar-refractivity contribution in [2.24, 2.45) is 0 Å². The van der Waals surface area contributed by atoms with Gasteiger partial charge in [-0.15, -0.1) is 0 Å². The minimum atomic E-state index is -2.58. The van der Waals surface area contributed by atoms with Gasteiger partial charge in [0.25, 0.3) is 0 Å². The summed E-state index contributed by atoms with van der Waals surface area (Å²) in [5.41, 5.74) is 14.2. The number of hydrogen-bond donors (Lipinski definition) is 0. The first-order valence-corrected chi connectivity index (χ1v) is 20.6. The maximum absolute atomic E-state index is 6.62. The van der Waals surface area contributed by atoms with Gasteiger partial charge in [0.1, 0.15) is 11.2 Å². The third-order valence-corrected chi connectivity index (χ3v) is 17.8. The van der Waals surface area contributed by atoms with Crippen molar-refractivity contribution in [3.63, 3.8) is 0 Å². The fourth-order valence-electron chi connectivity index (χ4n) is 10.9. The number of furan rings is 1. The van der Waals surface area contributed by atoms with E-state index in [-0.39, 0.29) is 5.41 Å². The molecule has 2 nitrogen and oxygen atoms in total. The molecule has 0 bridgehead atoms. The van der Waals surface area contributed by atoms with Crippen LogP contribution in [-0.4, -0.2) is 8.07 Å². The number of fused-ring (bicyclic) bond motifs is 17. The average molecular weight is 670 g/mol. The highest BCUT2D eigenvalue weighted by Gasteiger charge is 2.54. The summed E-state index contributed by atoms with van der Waals surface area (Å²) in [6, 6.07) is 57.8. The number of para-hydroxylation sites is 2. The molecule has 7 aromatic carbocycles. The van der Waals surface area contributed by atoms with E-state index in [2.05, 4.69) is 157 Å². The predicted octanol–water partition coefficient (Wildman–Crippen LogP) is 9.96. The van der Waals surface area contributed by atoms with Gasteiger partial charge in [-0.05, 0) is 97.3 Å². The van der Waals surface area contributed by atoms with Gasteiger partial charge in [-0.25, -0.2) is 0 Å². The molecule has 1 aromatic heterocycles. The number of anilines is 3. The summed E-state index contributed by atoms with van der Waals surface area (Å²) < 4.78 is 6.62. The van der Waals surface area contributed by atoms with E-state index in [0.717, 1.165) is 11.2 Å². The first kappa shape index (κ1) is 28.1. The molecule has 3 aliphatic heterocycles. The monoisotopic (exact) mass is 669 g/mol. The molecule has 8 aromatic rings. The van der Waals surface area contributed by atoms with Crippen LogP contribution in [0.2, 0.25) is 0 Å². The van der Waals surface area contributed by atoms with Crippen molar-refractivity contribution in [3.8, 4) is 22.3 Å². The number of rotatable bonds is 1. The van der Waals surface area contributed by atoms with Crippen LogP contribution < -0.4 is 25.6 Å². The standard InChI is InChI=1S/C48H35NOSi/c1-12-26-48(27-13-1)38-18-6-7-19-40(38)49(41-30-43-37(29-39(41)48)32-14-2-8-20-42(32)50-43)31-24-25-36-35-17-5-11-23-46(35)51(47(36)28-31)44-21-9-3-15-33(44)34-16-4-10-22-45(34)51/h2-11,14-25,28-30H,1,12-13,26-27H2. The first-order valence-electron chi connectivity index (χ1n) is 18.6. The van der Waals surface area contributed by atoms with Gasteiger partial charge >= 0.3 is 0 Å². The molecule has 0 N–H and O–H groups in total. The van der Waals surface area contributed by atoms with Crippen LogP contribution in [0.3, 0.4) is 0 Å². The van der Waals surface area contributed by atoms with Crippen LogP contribution in [0, 0.1) is 0 Å². The van der Waals surface area contributed by atoms with Gasteiger partial charge < -0.3 is 9.32 Å². The molecule has 2 spiro atoms. The van der Waals surface area contributed by atoms with E-state index in [0.29, 0.717) is 0 Å². The first-order chi connectivity index (χ1) is 25.3. The highest BCUT2D eigenvalue weighted by Crippen LogP contribution is 2.58. The Hall–Kier alpha value is -5.64. The Morgan fingerprint density at radius 1 is 0.451 bits per heavy atom. The van der Waals surface area contributed by atoms with Gasteiger partial charge in [0, 0.05) is 27.9 Å². The van der Waals surface area contributed by atoms with Gasteiger partial charge in [-0.1, -0.05) is 135 Å². The Balaban J connectivity index is 1.17. The zero-order valence-corrected chi connectivity index (χ0v) is 29.3. The minimum Gasteiger partial charge on any atom is -0.456 e. The molecular weight excluding hydrogens is 635 g/mol. The smallest absolute Gasteiger partial charge is 0.182 e. The summed E-state index contributed by atoms with van der Waals surface area (Å²) in [6.45, 7) is 0. The van der Waals surface area contributed by atoms with E-state index in [1.54, 1.807) is 0 Å². The molecule has 12 rings (SSSR count). The Morgan fingerprint density at radius 3 is 1.78 bits per heavy atom. The van der Waals surface area contributed by atoms with Crippen LogP contribution in [0.25, 0.3) is 44.2 Å². The van der Waals surface area contributed by atoms with Crippen molar-refractivity contribution in [2.75, 3.05) is 4.90 Å². The van der Waals surface area contributed by atoms with Crippen LogP contribution in [0.15, 0.2) is 156 Å². The normalized spacial score (nSPS) is 16.9. The lowest BCUT2D eigenvalue weighted by Gasteiger charge is -2.47. The summed E-state index contributed by atoms with van der Waals surface area (Å²) in [7, 11) is -2.58. The van der Waals surface area contributed by atoms with E-state index in [1.807, 2.05) is 0 Å². The molecule has 51 heavy (non-hydrogen) atoms. The molecule has 3 heteroatoms. The molecule has 4 aliphatic rings. The van der Waals surface area contributed by atoms with Crippen LogP contribution >= 0.6 is 0 Å². The van der Waals surface area contributed by atoms with Crippen LogP contribution in [0.4, 0.5) is 17.1 Å². The van der Waals surface area contributed by atoms with Crippen LogP contribution in [0.1, 0.15) is 43.2 Å². The molecule has 1 saturated carbocycles. The van der Waals surface area contributed by atoms with Crippen molar-refractivity contribution in [3.05, 3.63) is 163 Å². The molecule has 242 valence electrons.